The highest BCUT2D eigenvalue weighted by atomic mass is 32.2. The molecule has 1 aliphatic heterocycles. The summed E-state index contributed by atoms with van der Waals surface area (Å²) in [5.41, 5.74) is 2.50. The number of hydrogen-bond acceptors (Lipinski definition) is 6. The van der Waals surface area contributed by atoms with Crippen molar-refractivity contribution >= 4 is 26.7 Å². The maximum Gasteiger partial charge on any atom is 0.243 e. The lowest BCUT2D eigenvalue weighted by Crippen LogP contribution is -2.48. The van der Waals surface area contributed by atoms with Crippen LogP contribution in [0.2, 0.25) is 0 Å². The lowest BCUT2D eigenvalue weighted by molar-refractivity contribution is 0.384. The van der Waals surface area contributed by atoms with Crippen LogP contribution in [0, 0.1) is 0 Å². The summed E-state index contributed by atoms with van der Waals surface area (Å²) in [5.74, 6) is 1.53. The Kier molecular flexibility index (Phi) is 4.02. The summed E-state index contributed by atoms with van der Waals surface area (Å²) < 4.78 is 32.1. The predicted octanol–water partition coefficient (Wildman–Crippen LogP) is 2.42. The molecule has 0 bridgehead atoms. The van der Waals surface area contributed by atoms with E-state index < -0.39 is 10.0 Å². The van der Waals surface area contributed by atoms with Gasteiger partial charge in [0.1, 0.15) is 5.82 Å². The first kappa shape index (κ1) is 16.6. The van der Waals surface area contributed by atoms with Crippen molar-refractivity contribution in [2.75, 3.05) is 31.1 Å². The maximum atomic E-state index is 13.0. The Bertz CT molecular complexity index is 928. The number of rotatable bonds is 4. The molecule has 0 amide bonds. The van der Waals surface area contributed by atoms with E-state index in [0.717, 1.165) is 30.2 Å². The monoisotopic (exact) mass is 390 g/mol. The van der Waals surface area contributed by atoms with E-state index in [9.17, 15) is 8.42 Å². The number of nitrogens with zero attached hydrogens (tertiary/aromatic N) is 4. The van der Waals surface area contributed by atoms with Crippen molar-refractivity contribution in [1.29, 1.82) is 0 Å². The van der Waals surface area contributed by atoms with E-state index in [0.29, 0.717) is 37.0 Å². The van der Waals surface area contributed by atoms with E-state index in [1.807, 2.05) is 12.1 Å². The van der Waals surface area contributed by atoms with Crippen LogP contribution in [0.5, 0.6) is 0 Å². The summed E-state index contributed by atoms with van der Waals surface area (Å²) in [6.07, 6.45) is 5.58. The van der Waals surface area contributed by atoms with E-state index in [2.05, 4.69) is 14.3 Å². The van der Waals surface area contributed by atoms with Crippen molar-refractivity contribution in [3.05, 3.63) is 35.2 Å². The number of fused-ring (bicyclic) bond motifs is 1. The lowest BCUT2D eigenvalue weighted by atomic mass is 10.1. The van der Waals surface area contributed by atoms with Crippen molar-refractivity contribution in [3.63, 3.8) is 0 Å². The molecule has 0 radical (unpaired) electrons. The van der Waals surface area contributed by atoms with Gasteiger partial charge in [-0.2, -0.15) is 8.68 Å². The molecular weight excluding hydrogens is 368 g/mol. The number of anilines is 1. The Labute approximate surface area is 158 Å². The molecule has 8 heteroatoms. The summed E-state index contributed by atoms with van der Waals surface area (Å²) in [4.78, 5) is 7.25. The molecule has 0 atom stereocenters. The second-order valence-electron chi connectivity index (χ2n) is 7.38. The zero-order chi connectivity index (χ0) is 17.7. The van der Waals surface area contributed by atoms with E-state index in [-0.39, 0.29) is 0 Å². The first-order chi connectivity index (χ1) is 12.6. The standard InChI is InChI=1S/C18H22N4O2S2/c23-26(24,16-7-6-13-2-1-3-15(13)12-16)22-10-8-21(9-11-22)18-19-17(20-25-18)14-4-5-14/h6-7,12,14H,1-5,8-11H2. The third kappa shape index (κ3) is 2.93. The van der Waals surface area contributed by atoms with Gasteiger partial charge in [-0.1, -0.05) is 6.07 Å². The van der Waals surface area contributed by atoms with Crippen LogP contribution in [0.3, 0.4) is 0 Å². The summed E-state index contributed by atoms with van der Waals surface area (Å²) in [6, 6.07) is 5.65. The van der Waals surface area contributed by atoms with Crippen molar-refractivity contribution in [3.8, 4) is 0 Å². The molecule has 6 nitrogen and oxygen atoms in total. The second-order valence-corrected chi connectivity index (χ2v) is 10.1. The van der Waals surface area contributed by atoms with Gasteiger partial charge in [0.05, 0.1) is 4.90 Å². The smallest absolute Gasteiger partial charge is 0.243 e. The van der Waals surface area contributed by atoms with E-state index in [1.54, 1.807) is 10.4 Å². The van der Waals surface area contributed by atoms with Crippen LogP contribution >= 0.6 is 11.5 Å². The molecule has 138 valence electrons. The molecule has 26 heavy (non-hydrogen) atoms. The van der Waals surface area contributed by atoms with Crippen LogP contribution in [0.25, 0.3) is 0 Å². The van der Waals surface area contributed by atoms with Crippen LogP contribution in [0.15, 0.2) is 23.1 Å². The molecule has 3 aliphatic rings. The number of benzene rings is 1. The average Bonchev–Trinajstić information content (AvgIpc) is 3.20. The highest BCUT2D eigenvalue weighted by Gasteiger charge is 2.32. The van der Waals surface area contributed by atoms with Gasteiger partial charge in [-0.3, -0.25) is 0 Å². The van der Waals surface area contributed by atoms with Gasteiger partial charge in [0.25, 0.3) is 0 Å². The van der Waals surface area contributed by atoms with Crippen molar-refractivity contribution in [1.82, 2.24) is 13.7 Å². The normalized spacial score (nSPS) is 21.2. The molecule has 1 aromatic carbocycles. The molecule has 0 N–H and O–H groups in total. The lowest BCUT2D eigenvalue weighted by Gasteiger charge is -2.33. The quantitative estimate of drug-likeness (QED) is 0.802. The van der Waals surface area contributed by atoms with Crippen molar-refractivity contribution in [2.24, 2.45) is 0 Å². The van der Waals surface area contributed by atoms with Gasteiger partial charge >= 0.3 is 0 Å². The maximum absolute atomic E-state index is 13.0. The number of aromatic nitrogens is 2. The molecule has 2 fully saturated rings. The predicted molar refractivity (Wildman–Crippen MR) is 101 cm³/mol. The Morgan fingerprint density at radius 2 is 1.81 bits per heavy atom. The zero-order valence-corrected chi connectivity index (χ0v) is 16.2. The van der Waals surface area contributed by atoms with Gasteiger partial charge in [-0.15, -0.1) is 0 Å². The molecule has 2 aromatic rings. The molecule has 1 saturated heterocycles. The highest BCUT2D eigenvalue weighted by molar-refractivity contribution is 7.89. The average molecular weight is 391 g/mol. The summed E-state index contributed by atoms with van der Waals surface area (Å²) in [5, 5.41) is 0.932. The molecule has 1 saturated carbocycles. The first-order valence-electron chi connectivity index (χ1n) is 9.32. The van der Waals surface area contributed by atoms with Crippen LogP contribution in [0.4, 0.5) is 5.13 Å². The topological polar surface area (TPSA) is 66.4 Å². The number of aryl methyl sites for hydroxylation is 2. The molecule has 1 aromatic heterocycles. The molecule has 0 spiro atoms. The number of hydrogen-bond donors (Lipinski definition) is 0. The van der Waals surface area contributed by atoms with E-state index in [4.69, 9.17) is 0 Å². The first-order valence-corrected chi connectivity index (χ1v) is 11.5. The van der Waals surface area contributed by atoms with Gasteiger partial charge in [0.15, 0.2) is 0 Å². The van der Waals surface area contributed by atoms with Gasteiger partial charge in [-0.25, -0.2) is 13.4 Å². The second kappa shape index (κ2) is 6.28. The number of piperazine rings is 1. The van der Waals surface area contributed by atoms with Crippen LogP contribution in [-0.4, -0.2) is 48.3 Å². The molecule has 2 aliphatic carbocycles. The Hall–Kier alpha value is -1.51. The SMILES string of the molecule is O=S(=O)(c1ccc2c(c1)CCC2)N1CCN(c2nc(C3CC3)ns2)CC1. The third-order valence-corrected chi connectivity index (χ3v) is 8.28. The third-order valence-electron chi connectivity index (χ3n) is 5.59. The van der Waals surface area contributed by atoms with Crippen molar-refractivity contribution < 1.29 is 8.42 Å². The van der Waals surface area contributed by atoms with Crippen LogP contribution < -0.4 is 4.90 Å². The van der Waals surface area contributed by atoms with Crippen LogP contribution in [-0.2, 0) is 22.9 Å². The van der Waals surface area contributed by atoms with Gasteiger partial charge in [-0.05, 0) is 55.4 Å². The highest BCUT2D eigenvalue weighted by Crippen LogP contribution is 2.39. The number of sulfonamides is 1. The summed E-state index contributed by atoms with van der Waals surface area (Å²) in [7, 11) is -3.41. The molecular formula is C18H22N4O2S2. The van der Waals surface area contributed by atoms with Crippen molar-refractivity contribution in [2.45, 2.75) is 42.9 Å². The minimum absolute atomic E-state index is 0.443. The van der Waals surface area contributed by atoms with Gasteiger partial charge < -0.3 is 4.90 Å². The Balaban J connectivity index is 1.29. The van der Waals surface area contributed by atoms with E-state index in [1.165, 1.54) is 35.5 Å². The fraction of sp³-hybridized carbons (Fsp3) is 0.556. The fourth-order valence-corrected chi connectivity index (χ4v) is 6.11. The van der Waals surface area contributed by atoms with Crippen LogP contribution in [0.1, 0.15) is 42.1 Å². The minimum Gasteiger partial charge on any atom is -0.344 e. The minimum atomic E-state index is -3.41. The zero-order valence-electron chi connectivity index (χ0n) is 14.6. The Morgan fingerprint density at radius 3 is 2.58 bits per heavy atom. The van der Waals surface area contributed by atoms with E-state index >= 15 is 0 Å². The summed E-state index contributed by atoms with van der Waals surface area (Å²) >= 11 is 1.44. The van der Waals surface area contributed by atoms with Gasteiger partial charge in [0.2, 0.25) is 15.2 Å². The summed E-state index contributed by atoms with van der Waals surface area (Å²) in [6.45, 7) is 2.34. The fourth-order valence-electron chi connectivity index (χ4n) is 3.84. The molecule has 2 heterocycles. The Morgan fingerprint density at radius 1 is 1.04 bits per heavy atom. The largest absolute Gasteiger partial charge is 0.344 e. The molecule has 5 rings (SSSR count). The van der Waals surface area contributed by atoms with Gasteiger partial charge in [0, 0.05) is 43.6 Å². The molecule has 0 unspecified atom stereocenters.